The number of nitrogens with one attached hydrogen (secondary N) is 1. The minimum Gasteiger partial charge on any atom is -0.496 e. The third kappa shape index (κ3) is 3.14. The summed E-state index contributed by atoms with van der Waals surface area (Å²) in [5.74, 6) is 0.621. The fourth-order valence-electron chi connectivity index (χ4n) is 1.62. The van der Waals surface area contributed by atoms with Crippen LogP contribution >= 0.6 is 15.9 Å². The second-order valence-electron chi connectivity index (χ2n) is 4.02. The number of imidazole rings is 1. The van der Waals surface area contributed by atoms with Gasteiger partial charge in [0, 0.05) is 18.1 Å². The molecule has 1 N–H and O–H groups in total. The molecule has 0 radical (unpaired) electrons. The topological polar surface area (TPSA) is 56.1 Å². The number of rotatable bonds is 4. The molecule has 1 heterocycles. The Morgan fingerprint density at radius 1 is 1.53 bits per heavy atom. The van der Waals surface area contributed by atoms with Crippen LogP contribution in [0.25, 0.3) is 0 Å². The van der Waals surface area contributed by atoms with E-state index in [1.165, 1.54) is 0 Å². The Bertz CT molecular complexity index is 569. The highest BCUT2D eigenvalue weighted by atomic mass is 79.9. The van der Waals surface area contributed by atoms with Gasteiger partial charge >= 0.3 is 0 Å². The van der Waals surface area contributed by atoms with Gasteiger partial charge in [0.25, 0.3) is 0 Å². The molecule has 0 saturated heterocycles. The van der Waals surface area contributed by atoms with E-state index in [9.17, 15) is 4.79 Å². The molecule has 0 aliphatic rings. The van der Waals surface area contributed by atoms with Crippen LogP contribution in [0.5, 0.6) is 5.75 Å². The first-order valence-electron chi connectivity index (χ1n) is 5.73. The van der Waals surface area contributed by atoms with Crippen molar-refractivity contribution in [2.24, 2.45) is 0 Å². The van der Waals surface area contributed by atoms with Crippen molar-refractivity contribution in [1.29, 1.82) is 0 Å². The lowest BCUT2D eigenvalue weighted by molar-refractivity contribution is -0.118. The van der Waals surface area contributed by atoms with Crippen molar-refractivity contribution >= 4 is 27.5 Å². The molecule has 19 heavy (non-hydrogen) atoms. The van der Waals surface area contributed by atoms with E-state index in [1.54, 1.807) is 48.6 Å². The van der Waals surface area contributed by atoms with Crippen LogP contribution in [0.4, 0.5) is 5.69 Å². The predicted molar refractivity (Wildman–Crippen MR) is 76.3 cm³/mol. The van der Waals surface area contributed by atoms with E-state index < -0.39 is 0 Å². The third-order valence-corrected chi connectivity index (χ3v) is 3.39. The number of ether oxygens (including phenoxy) is 1. The number of carbonyl (C=O) groups excluding carboxylic acids is 1. The first kappa shape index (κ1) is 13.6. The summed E-state index contributed by atoms with van der Waals surface area (Å²) in [6.45, 7) is 1.82. The number of halogens is 1. The molecule has 1 aromatic carbocycles. The highest BCUT2D eigenvalue weighted by molar-refractivity contribution is 9.10. The van der Waals surface area contributed by atoms with E-state index in [0.29, 0.717) is 5.69 Å². The molecular weight excluding hydrogens is 310 g/mol. The van der Waals surface area contributed by atoms with E-state index in [-0.39, 0.29) is 11.9 Å². The lowest BCUT2D eigenvalue weighted by Gasteiger charge is -2.14. The van der Waals surface area contributed by atoms with Gasteiger partial charge in [0.15, 0.2) is 0 Å². The van der Waals surface area contributed by atoms with Crippen LogP contribution in [-0.2, 0) is 4.79 Å². The van der Waals surface area contributed by atoms with Crippen LogP contribution in [0.15, 0.2) is 41.4 Å². The summed E-state index contributed by atoms with van der Waals surface area (Å²) in [6, 6.07) is 5.07. The predicted octanol–water partition coefficient (Wildman–Crippen LogP) is 2.85. The SMILES string of the molecule is COc1ccc(NC(=O)C(C)n2ccnc2)cc1Br. The summed E-state index contributed by atoms with van der Waals surface area (Å²) >= 11 is 3.38. The molecule has 100 valence electrons. The highest BCUT2D eigenvalue weighted by Crippen LogP contribution is 2.28. The van der Waals surface area contributed by atoms with Crippen molar-refractivity contribution in [3.63, 3.8) is 0 Å². The van der Waals surface area contributed by atoms with Crippen LogP contribution in [0.1, 0.15) is 13.0 Å². The van der Waals surface area contributed by atoms with Crippen molar-refractivity contribution in [2.45, 2.75) is 13.0 Å². The second-order valence-corrected chi connectivity index (χ2v) is 4.88. The van der Waals surface area contributed by atoms with Crippen molar-refractivity contribution in [3.8, 4) is 5.75 Å². The molecule has 2 aromatic rings. The highest BCUT2D eigenvalue weighted by Gasteiger charge is 2.14. The maximum Gasteiger partial charge on any atom is 0.247 e. The zero-order valence-corrected chi connectivity index (χ0v) is 12.2. The normalized spacial score (nSPS) is 11.9. The van der Waals surface area contributed by atoms with E-state index in [2.05, 4.69) is 26.2 Å². The summed E-state index contributed by atoms with van der Waals surface area (Å²) in [4.78, 5) is 16.0. The Morgan fingerprint density at radius 3 is 2.89 bits per heavy atom. The van der Waals surface area contributed by atoms with E-state index in [4.69, 9.17) is 4.74 Å². The van der Waals surface area contributed by atoms with Gasteiger partial charge in [0.2, 0.25) is 5.91 Å². The molecule has 0 aliphatic heterocycles. The molecule has 1 atom stereocenters. The van der Waals surface area contributed by atoms with Crippen LogP contribution in [0.3, 0.4) is 0 Å². The number of anilines is 1. The summed E-state index contributed by atoms with van der Waals surface area (Å²) in [7, 11) is 1.60. The summed E-state index contributed by atoms with van der Waals surface area (Å²) in [5.41, 5.74) is 0.713. The van der Waals surface area contributed by atoms with E-state index in [1.807, 2.05) is 6.92 Å². The van der Waals surface area contributed by atoms with Crippen LogP contribution < -0.4 is 10.1 Å². The van der Waals surface area contributed by atoms with Crippen molar-refractivity contribution in [3.05, 3.63) is 41.4 Å². The third-order valence-electron chi connectivity index (χ3n) is 2.77. The molecule has 0 aliphatic carbocycles. The van der Waals surface area contributed by atoms with Gasteiger partial charge in [0.05, 0.1) is 17.9 Å². The number of benzene rings is 1. The Labute approximate surface area is 119 Å². The molecule has 1 aromatic heterocycles. The molecule has 0 saturated carbocycles. The molecule has 0 fully saturated rings. The number of methoxy groups -OCH3 is 1. The number of amides is 1. The quantitative estimate of drug-likeness (QED) is 0.941. The fraction of sp³-hybridized carbons (Fsp3) is 0.231. The average Bonchev–Trinajstić information content (AvgIpc) is 2.92. The Balaban J connectivity index is 2.09. The summed E-state index contributed by atoms with van der Waals surface area (Å²) in [5, 5.41) is 2.85. The number of hydrogen-bond donors (Lipinski definition) is 1. The second kappa shape index (κ2) is 5.88. The molecule has 2 rings (SSSR count). The molecule has 1 amide bonds. The number of nitrogens with zero attached hydrogens (tertiary/aromatic N) is 2. The monoisotopic (exact) mass is 323 g/mol. The Kier molecular flexibility index (Phi) is 4.21. The average molecular weight is 324 g/mol. The van der Waals surface area contributed by atoms with E-state index >= 15 is 0 Å². The first-order valence-corrected chi connectivity index (χ1v) is 6.53. The zero-order valence-electron chi connectivity index (χ0n) is 10.6. The van der Waals surface area contributed by atoms with Gasteiger partial charge in [-0.2, -0.15) is 0 Å². The van der Waals surface area contributed by atoms with Crippen molar-refractivity contribution in [1.82, 2.24) is 9.55 Å². The molecule has 0 spiro atoms. The maximum atomic E-state index is 12.1. The lowest BCUT2D eigenvalue weighted by Crippen LogP contribution is -2.22. The van der Waals surface area contributed by atoms with Gasteiger partial charge in [-0.1, -0.05) is 0 Å². The minimum atomic E-state index is -0.316. The molecule has 6 heteroatoms. The molecule has 1 unspecified atom stereocenters. The summed E-state index contributed by atoms with van der Waals surface area (Å²) in [6.07, 6.45) is 5.02. The van der Waals surface area contributed by atoms with Gasteiger partial charge in [-0.25, -0.2) is 4.98 Å². The van der Waals surface area contributed by atoms with Gasteiger partial charge in [-0.05, 0) is 41.1 Å². The largest absolute Gasteiger partial charge is 0.496 e. The maximum absolute atomic E-state index is 12.1. The van der Waals surface area contributed by atoms with Crippen LogP contribution in [0.2, 0.25) is 0 Å². The van der Waals surface area contributed by atoms with Crippen molar-refractivity contribution < 1.29 is 9.53 Å². The molecule has 0 bridgehead atoms. The smallest absolute Gasteiger partial charge is 0.247 e. The lowest BCUT2D eigenvalue weighted by atomic mass is 10.2. The van der Waals surface area contributed by atoms with Gasteiger partial charge in [0.1, 0.15) is 11.8 Å². The minimum absolute atomic E-state index is 0.102. The van der Waals surface area contributed by atoms with Gasteiger partial charge < -0.3 is 14.6 Å². The Hall–Kier alpha value is -1.82. The molecule has 5 nitrogen and oxygen atoms in total. The number of carbonyl (C=O) groups is 1. The molecular formula is C13H14BrN3O2. The number of aromatic nitrogens is 2. The van der Waals surface area contributed by atoms with Gasteiger partial charge in [-0.15, -0.1) is 0 Å². The summed E-state index contributed by atoms with van der Waals surface area (Å²) < 4.78 is 7.68. The fourth-order valence-corrected chi connectivity index (χ4v) is 2.17. The zero-order chi connectivity index (χ0) is 13.8. The van der Waals surface area contributed by atoms with E-state index in [0.717, 1.165) is 10.2 Å². The standard InChI is InChI=1S/C13H14BrN3O2/c1-9(17-6-5-15-8-17)13(18)16-10-3-4-12(19-2)11(14)7-10/h3-9H,1-2H3,(H,16,18). The van der Waals surface area contributed by atoms with Crippen molar-refractivity contribution in [2.75, 3.05) is 12.4 Å². The van der Waals surface area contributed by atoms with Gasteiger partial charge in [-0.3, -0.25) is 4.79 Å². The first-order chi connectivity index (χ1) is 9.11. The Morgan fingerprint density at radius 2 is 2.32 bits per heavy atom. The van der Waals surface area contributed by atoms with Crippen LogP contribution in [-0.4, -0.2) is 22.6 Å². The van der Waals surface area contributed by atoms with Crippen LogP contribution in [0, 0.1) is 0 Å². The number of hydrogen-bond acceptors (Lipinski definition) is 3.